The first-order chi connectivity index (χ1) is 16.6. The number of carbonyl (C=O) groups is 1. The highest BCUT2D eigenvalue weighted by Crippen LogP contribution is 2.39. The lowest BCUT2D eigenvalue weighted by atomic mass is 9.96. The van der Waals surface area contributed by atoms with Crippen molar-refractivity contribution in [2.75, 3.05) is 6.61 Å². The zero-order valence-electron chi connectivity index (χ0n) is 19.5. The van der Waals surface area contributed by atoms with Crippen LogP contribution in [0.1, 0.15) is 50.3 Å². The molecule has 10 heteroatoms. The van der Waals surface area contributed by atoms with Crippen molar-refractivity contribution >= 4 is 5.97 Å². The molecule has 1 aromatic heterocycles. The Hall–Kier alpha value is -3.87. The summed E-state index contributed by atoms with van der Waals surface area (Å²) in [6, 6.07) is 10.8. The van der Waals surface area contributed by atoms with Gasteiger partial charge in [-0.15, -0.1) is 0 Å². The lowest BCUT2D eigenvalue weighted by Crippen LogP contribution is -2.12. The summed E-state index contributed by atoms with van der Waals surface area (Å²) in [5, 5.41) is 13.2. The summed E-state index contributed by atoms with van der Waals surface area (Å²) in [6.07, 6.45) is -4.59. The predicted octanol–water partition coefficient (Wildman–Crippen LogP) is 5.97. The van der Waals surface area contributed by atoms with Crippen LogP contribution in [0.2, 0.25) is 0 Å². The molecule has 184 valence electrons. The first-order valence-corrected chi connectivity index (χ1v) is 11.0. The number of rotatable bonds is 9. The Morgan fingerprint density at radius 3 is 2.66 bits per heavy atom. The van der Waals surface area contributed by atoms with E-state index < -0.39 is 17.7 Å². The van der Waals surface area contributed by atoms with Gasteiger partial charge >= 0.3 is 12.1 Å². The Morgan fingerprint density at radius 1 is 1.23 bits per heavy atom. The van der Waals surface area contributed by atoms with Gasteiger partial charge in [0.05, 0.1) is 23.8 Å². The summed E-state index contributed by atoms with van der Waals surface area (Å²) in [6.45, 7) is 5.52. The van der Waals surface area contributed by atoms with Crippen molar-refractivity contribution in [3.8, 4) is 34.7 Å². The molecule has 0 aliphatic rings. The molecule has 0 aliphatic carbocycles. The average Bonchev–Trinajstić information content (AvgIpc) is 3.28. The van der Waals surface area contributed by atoms with Crippen LogP contribution in [0, 0.1) is 11.3 Å². The molecule has 0 amide bonds. The third-order valence-electron chi connectivity index (χ3n) is 4.94. The fourth-order valence-corrected chi connectivity index (χ4v) is 3.54. The van der Waals surface area contributed by atoms with Crippen molar-refractivity contribution in [2.24, 2.45) is 0 Å². The molecule has 0 radical (unpaired) electrons. The number of nitriles is 1. The summed E-state index contributed by atoms with van der Waals surface area (Å²) in [4.78, 5) is 15.7. The van der Waals surface area contributed by atoms with E-state index >= 15 is 0 Å². The topological polar surface area (TPSA) is 98.2 Å². The summed E-state index contributed by atoms with van der Waals surface area (Å²) >= 11 is 0. The lowest BCUT2D eigenvalue weighted by Gasteiger charge is -2.15. The number of ether oxygens (including phenoxy) is 2. The lowest BCUT2D eigenvalue weighted by molar-refractivity contribution is -0.143. The van der Waals surface area contributed by atoms with Crippen molar-refractivity contribution in [3.05, 3.63) is 53.1 Å². The molecular weight excluding hydrogens is 463 g/mol. The Kier molecular flexibility index (Phi) is 8.12. The van der Waals surface area contributed by atoms with Crippen LogP contribution < -0.4 is 4.74 Å². The fourth-order valence-electron chi connectivity index (χ4n) is 3.54. The van der Waals surface area contributed by atoms with E-state index in [-0.39, 0.29) is 60.4 Å². The molecule has 3 aromatic rings. The summed E-state index contributed by atoms with van der Waals surface area (Å²) in [5.74, 6) is -0.351. The maximum absolute atomic E-state index is 14.1. The number of hydrogen-bond donors (Lipinski definition) is 0. The molecule has 2 aromatic carbocycles. The van der Waals surface area contributed by atoms with Crippen LogP contribution >= 0.6 is 0 Å². The number of hydrogen-bond acceptors (Lipinski definition) is 7. The van der Waals surface area contributed by atoms with Crippen LogP contribution in [0.5, 0.6) is 5.75 Å². The number of nitrogens with zero attached hydrogens (tertiary/aromatic N) is 3. The van der Waals surface area contributed by atoms with E-state index in [1.165, 1.54) is 24.3 Å². The molecule has 3 rings (SSSR count). The van der Waals surface area contributed by atoms with Gasteiger partial charge in [-0.05, 0) is 57.4 Å². The zero-order valence-corrected chi connectivity index (χ0v) is 19.5. The van der Waals surface area contributed by atoms with E-state index in [2.05, 4.69) is 10.1 Å². The second-order valence-electron chi connectivity index (χ2n) is 7.91. The Balaban J connectivity index is 1.93. The predicted molar refractivity (Wildman–Crippen MR) is 120 cm³/mol. The van der Waals surface area contributed by atoms with Crippen LogP contribution in [0.25, 0.3) is 22.8 Å². The third-order valence-corrected chi connectivity index (χ3v) is 4.94. The zero-order chi connectivity index (χ0) is 25.6. The number of alkyl halides is 3. The van der Waals surface area contributed by atoms with Gasteiger partial charge in [-0.1, -0.05) is 23.4 Å². The largest absolute Gasteiger partial charge is 0.490 e. The minimum absolute atomic E-state index is 0.0134. The van der Waals surface area contributed by atoms with Gasteiger partial charge in [-0.2, -0.15) is 23.4 Å². The highest BCUT2D eigenvalue weighted by atomic mass is 19.4. The highest BCUT2D eigenvalue weighted by molar-refractivity contribution is 5.69. The van der Waals surface area contributed by atoms with Gasteiger partial charge < -0.3 is 14.0 Å². The molecule has 0 unspecified atom stereocenters. The minimum Gasteiger partial charge on any atom is -0.490 e. The van der Waals surface area contributed by atoms with Crippen molar-refractivity contribution in [3.63, 3.8) is 0 Å². The van der Waals surface area contributed by atoms with E-state index in [1.807, 2.05) is 19.9 Å². The molecule has 0 spiro atoms. The SMILES string of the molecule is CCOC(=O)CCCc1cccc(-c2noc(-c3ccc(OC(C)C)c(C#N)c3)n2)c1C(F)(F)F. The maximum atomic E-state index is 14.1. The van der Waals surface area contributed by atoms with Gasteiger partial charge in [0.1, 0.15) is 11.8 Å². The van der Waals surface area contributed by atoms with Gasteiger partial charge in [-0.3, -0.25) is 4.79 Å². The van der Waals surface area contributed by atoms with Crippen molar-refractivity contribution in [1.82, 2.24) is 10.1 Å². The molecule has 0 saturated carbocycles. The van der Waals surface area contributed by atoms with Crippen LogP contribution in [-0.4, -0.2) is 28.8 Å². The fraction of sp³-hybridized carbons (Fsp3) is 0.360. The molecule has 7 nitrogen and oxygen atoms in total. The number of esters is 1. The first kappa shape index (κ1) is 25.7. The molecular formula is C25H24F3N3O4. The van der Waals surface area contributed by atoms with Crippen LogP contribution in [0.15, 0.2) is 40.9 Å². The number of aromatic nitrogens is 2. The van der Waals surface area contributed by atoms with E-state index in [4.69, 9.17) is 14.0 Å². The Labute approximate surface area is 200 Å². The van der Waals surface area contributed by atoms with Gasteiger partial charge in [0.15, 0.2) is 0 Å². The van der Waals surface area contributed by atoms with Gasteiger partial charge in [0.25, 0.3) is 5.89 Å². The van der Waals surface area contributed by atoms with E-state index in [9.17, 15) is 23.2 Å². The number of halogens is 3. The van der Waals surface area contributed by atoms with Gasteiger partial charge in [0.2, 0.25) is 5.82 Å². The second-order valence-corrected chi connectivity index (χ2v) is 7.91. The summed E-state index contributed by atoms with van der Waals surface area (Å²) in [7, 11) is 0. The van der Waals surface area contributed by atoms with Gasteiger partial charge in [0, 0.05) is 17.5 Å². The highest BCUT2D eigenvalue weighted by Gasteiger charge is 2.37. The van der Waals surface area contributed by atoms with Crippen LogP contribution in [0.3, 0.4) is 0 Å². The minimum atomic E-state index is -4.68. The summed E-state index contributed by atoms with van der Waals surface area (Å²) in [5.41, 5.74) is -0.491. The standard InChI is InChI=1S/C25H24F3N3O4/c1-4-33-21(32)10-6-8-16-7-5-9-19(22(16)25(26,27)28)23-30-24(35-31-23)17-11-12-20(34-15(2)3)18(13-17)14-29/h5,7,9,11-13,15H,4,6,8,10H2,1-3H3. The average molecular weight is 487 g/mol. The number of benzene rings is 2. The Bertz CT molecular complexity index is 1230. The monoisotopic (exact) mass is 487 g/mol. The second kappa shape index (κ2) is 11.0. The molecule has 0 aliphatic heterocycles. The van der Waals surface area contributed by atoms with Crippen LogP contribution in [-0.2, 0) is 22.1 Å². The summed E-state index contributed by atoms with van der Waals surface area (Å²) < 4.78 is 57.8. The van der Waals surface area contributed by atoms with Gasteiger partial charge in [-0.25, -0.2) is 0 Å². The number of carbonyl (C=O) groups excluding carboxylic acids is 1. The van der Waals surface area contributed by atoms with Crippen molar-refractivity contribution in [2.45, 2.75) is 52.3 Å². The van der Waals surface area contributed by atoms with E-state index in [0.29, 0.717) is 11.3 Å². The molecule has 0 saturated heterocycles. The quantitative estimate of drug-likeness (QED) is 0.343. The molecule has 0 atom stereocenters. The van der Waals surface area contributed by atoms with E-state index in [1.54, 1.807) is 19.1 Å². The van der Waals surface area contributed by atoms with Crippen molar-refractivity contribution in [1.29, 1.82) is 5.26 Å². The molecule has 1 heterocycles. The molecule has 0 fully saturated rings. The Morgan fingerprint density at radius 2 is 2.00 bits per heavy atom. The normalized spacial score (nSPS) is 11.4. The smallest absolute Gasteiger partial charge is 0.417 e. The molecule has 0 bridgehead atoms. The van der Waals surface area contributed by atoms with Crippen LogP contribution in [0.4, 0.5) is 13.2 Å². The van der Waals surface area contributed by atoms with Crippen molar-refractivity contribution < 1.29 is 32.0 Å². The molecule has 35 heavy (non-hydrogen) atoms. The number of aryl methyl sites for hydroxylation is 1. The third kappa shape index (κ3) is 6.38. The maximum Gasteiger partial charge on any atom is 0.417 e. The molecule has 0 N–H and O–H groups in total. The first-order valence-electron chi connectivity index (χ1n) is 11.0. The van der Waals surface area contributed by atoms with E-state index in [0.717, 1.165) is 0 Å².